The minimum atomic E-state index is -3.80. The standard InChI is InChI=1S/C21H19N5O4S/c1-15-13-14-26(24-15)20-11-12-21(23-22-20)30-17-9-7-16(8-10-17)25-31(27,28)19-6-4-3-5-18(19)29-2/h3-14,25H,1-2H3. The lowest BCUT2D eigenvalue weighted by molar-refractivity contribution is 0.403. The molecule has 9 nitrogen and oxygen atoms in total. The molecule has 0 atom stereocenters. The smallest absolute Gasteiger partial charge is 0.265 e. The van der Waals surface area contributed by atoms with Crippen molar-refractivity contribution in [3.8, 4) is 23.2 Å². The lowest BCUT2D eigenvalue weighted by Crippen LogP contribution is -2.13. The van der Waals surface area contributed by atoms with Crippen LogP contribution in [0.5, 0.6) is 17.4 Å². The van der Waals surface area contributed by atoms with E-state index in [4.69, 9.17) is 9.47 Å². The van der Waals surface area contributed by atoms with Crippen LogP contribution in [0, 0.1) is 6.92 Å². The molecule has 0 fully saturated rings. The number of sulfonamides is 1. The second-order valence-corrected chi connectivity index (χ2v) is 8.17. The van der Waals surface area contributed by atoms with Crippen LogP contribution in [0.2, 0.25) is 0 Å². The number of rotatable bonds is 7. The van der Waals surface area contributed by atoms with Crippen LogP contribution < -0.4 is 14.2 Å². The number of aryl methyl sites for hydroxylation is 1. The van der Waals surface area contributed by atoms with Gasteiger partial charge in [0, 0.05) is 18.0 Å². The molecule has 0 unspecified atom stereocenters. The van der Waals surface area contributed by atoms with Gasteiger partial charge in [0.05, 0.1) is 12.8 Å². The Balaban J connectivity index is 1.45. The van der Waals surface area contributed by atoms with Gasteiger partial charge in [-0.2, -0.15) is 5.10 Å². The zero-order valence-electron chi connectivity index (χ0n) is 16.8. The van der Waals surface area contributed by atoms with Crippen LogP contribution in [0.1, 0.15) is 5.69 Å². The fraction of sp³-hybridized carbons (Fsp3) is 0.0952. The molecular weight excluding hydrogens is 418 g/mol. The molecule has 4 rings (SSSR count). The first kappa shape index (κ1) is 20.4. The Labute approximate surface area is 179 Å². The molecule has 158 valence electrons. The normalized spacial score (nSPS) is 11.2. The van der Waals surface area contributed by atoms with Crippen LogP contribution in [-0.2, 0) is 10.0 Å². The number of aromatic nitrogens is 4. The maximum Gasteiger partial charge on any atom is 0.265 e. The predicted octanol–water partition coefficient (Wildman–Crippen LogP) is 3.57. The van der Waals surface area contributed by atoms with E-state index in [1.165, 1.54) is 13.2 Å². The average molecular weight is 437 g/mol. The summed E-state index contributed by atoms with van der Waals surface area (Å²) in [5.74, 6) is 1.62. The number of benzene rings is 2. The SMILES string of the molecule is COc1ccccc1S(=O)(=O)Nc1ccc(Oc2ccc(-n3ccc(C)n3)nn2)cc1. The molecule has 2 heterocycles. The zero-order valence-corrected chi connectivity index (χ0v) is 17.6. The molecular formula is C21H19N5O4S. The molecule has 0 radical (unpaired) electrons. The molecule has 2 aromatic heterocycles. The monoisotopic (exact) mass is 437 g/mol. The Kier molecular flexibility index (Phi) is 5.54. The Morgan fingerprint density at radius 1 is 0.935 bits per heavy atom. The highest BCUT2D eigenvalue weighted by Crippen LogP contribution is 2.27. The number of methoxy groups -OCH3 is 1. The largest absolute Gasteiger partial charge is 0.495 e. The van der Waals surface area contributed by atoms with Crippen LogP contribution in [0.15, 0.2) is 77.8 Å². The molecule has 0 aliphatic heterocycles. The van der Waals surface area contributed by atoms with Gasteiger partial charge in [0.2, 0.25) is 5.88 Å². The highest BCUT2D eigenvalue weighted by Gasteiger charge is 2.19. The summed E-state index contributed by atoms with van der Waals surface area (Å²) >= 11 is 0. The third-order valence-electron chi connectivity index (χ3n) is 4.27. The summed E-state index contributed by atoms with van der Waals surface area (Å²) in [6.45, 7) is 1.89. The molecule has 4 aromatic rings. The van der Waals surface area contributed by atoms with Gasteiger partial charge in [0.25, 0.3) is 10.0 Å². The number of ether oxygens (including phenoxy) is 2. The van der Waals surface area contributed by atoms with Crippen molar-refractivity contribution in [1.29, 1.82) is 0 Å². The van der Waals surface area contributed by atoms with Crippen LogP contribution in [0.25, 0.3) is 5.82 Å². The fourth-order valence-electron chi connectivity index (χ4n) is 2.79. The van der Waals surface area contributed by atoms with E-state index >= 15 is 0 Å². The van der Waals surface area contributed by atoms with Gasteiger partial charge in [-0.1, -0.05) is 12.1 Å². The summed E-state index contributed by atoms with van der Waals surface area (Å²) in [6.07, 6.45) is 1.80. The fourth-order valence-corrected chi connectivity index (χ4v) is 4.03. The average Bonchev–Trinajstić information content (AvgIpc) is 3.22. The highest BCUT2D eigenvalue weighted by molar-refractivity contribution is 7.92. The van der Waals surface area contributed by atoms with Gasteiger partial charge in [0.1, 0.15) is 16.4 Å². The van der Waals surface area contributed by atoms with Gasteiger partial charge in [-0.25, -0.2) is 13.1 Å². The van der Waals surface area contributed by atoms with E-state index in [0.29, 0.717) is 23.1 Å². The quantitative estimate of drug-likeness (QED) is 0.471. The summed E-state index contributed by atoms with van der Waals surface area (Å²) in [6, 6.07) is 18.1. The first-order valence-electron chi connectivity index (χ1n) is 9.25. The number of nitrogens with zero attached hydrogens (tertiary/aromatic N) is 4. The number of nitrogens with one attached hydrogen (secondary N) is 1. The molecule has 0 aliphatic carbocycles. The molecule has 0 saturated carbocycles. The van der Waals surface area contributed by atoms with Gasteiger partial charge in [0.15, 0.2) is 5.82 Å². The minimum absolute atomic E-state index is 0.0561. The van der Waals surface area contributed by atoms with Crippen molar-refractivity contribution in [3.05, 3.63) is 78.6 Å². The summed E-state index contributed by atoms with van der Waals surface area (Å²) in [7, 11) is -2.38. The van der Waals surface area contributed by atoms with Crippen molar-refractivity contribution in [1.82, 2.24) is 20.0 Å². The van der Waals surface area contributed by atoms with Gasteiger partial charge >= 0.3 is 0 Å². The van der Waals surface area contributed by atoms with E-state index in [2.05, 4.69) is 20.0 Å². The first-order chi connectivity index (χ1) is 14.9. The summed E-state index contributed by atoms with van der Waals surface area (Å²) in [4.78, 5) is 0.0561. The van der Waals surface area contributed by atoms with E-state index in [9.17, 15) is 8.42 Å². The number of hydrogen-bond acceptors (Lipinski definition) is 7. The van der Waals surface area contributed by atoms with Gasteiger partial charge in [-0.15, -0.1) is 10.2 Å². The highest BCUT2D eigenvalue weighted by atomic mass is 32.2. The third-order valence-corrected chi connectivity index (χ3v) is 5.69. The van der Waals surface area contributed by atoms with Gasteiger partial charge in [-0.05, 0) is 55.5 Å². The molecule has 10 heteroatoms. The topological polar surface area (TPSA) is 108 Å². The molecule has 0 saturated heterocycles. The van der Waals surface area contributed by atoms with Crippen molar-refractivity contribution in [2.45, 2.75) is 11.8 Å². The van der Waals surface area contributed by atoms with Crippen LogP contribution in [0.4, 0.5) is 5.69 Å². The Hall–Kier alpha value is -3.92. The van der Waals surface area contributed by atoms with Gasteiger partial charge in [-0.3, -0.25) is 4.72 Å². The predicted molar refractivity (Wildman–Crippen MR) is 114 cm³/mol. The van der Waals surface area contributed by atoms with E-state index in [-0.39, 0.29) is 10.6 Å². The second kappa shape index (κ2) is 8.44. The molecule has 0 spiro atoms. The van der Waals surface area contributed by atoms with Crippen molar-refractivity contribution in [2.24, 2.45) is 0 Å². The summed E-state index contributed by atoms with van der Waals surface area (Å²) < 4.78 is 40.3. The van der Waals surface area contributed by atoms with E-state index in [1.807, 2.05) is 13.0 Å². The molecule has 2 aromatic carbocycles. The summed E-state index contributed by atoms with van der Waals surface area (Å²) in [5, 5.41) is 12.4. The lowest BCUT2D eigenvalue weighted by atomic mass is 10.3. The van der Waals surface area contributed by atoms with Crippen LogP contribution in [0.3, 0.4) is 0 Å². The molecule has 1 N–H and O–H groups in total. The van der Waals surface area contributed by atoms with E-state index < -0.39 is 10.0 Å². The van der Waals surface area contributed by atoms with Crippen molar-refractivity contribution < 1.29 is 17.9 Å². The van der Waals surface area contributed by atoms with Crippen molar-refractivity contribution >= 4 is 15.7 Å². The number of para-hydroxylation sites is 1. The third kappa shape index (κ3) is 4.64. The van der Waals surface area contributed by atoms with Crippen LogP contribution >= 0.6 is 0 Å². The lowest BCUT2D eigenvalue weighted by Gasteiger charge is -2.12. The molecule has 0 aliphatic rings. The Morgan fingerprint density at radius 2 is 1.71 bits per heavy atom. The summed E-state index contributed by atoms with van der Waals surface area (Å²) in [5.41, 5.74) is 1.26. The Bertz CT molecular complexity index is 1290. The number of anilines is 1. The zero-order chi connectivity index (χ0) is 21.8. The number of hydrogen-bond donors (Lipinski definition) is 1. The van der Waals surface area contributed by atoms with E-state index in [0.717, 1.165) is 5.69 Å². The van der Waals surface area contributed by atoms with Crippen LogP contribution in [-0.4, -0.2) is 35.5 Å². The maximum absolute atomic E-state index is 12.7. The van der Waals surface area contributed by atoms with Gasteiger partial charge < -0.3 is 9.47 Å². The van der Waals surface area contributed by atoms with E-state index in [1.54, 1.807) is 65.5 Å². The molecule has 0 bridgehead atoms. The second-order valence-electron chi connectivity index (χ2n) is 6.51. The minimum Gasteiger partial charge on any atom is -0.495 e. The Morgan fingerprint density at radius 3 is 2.35 bits per heavy atom. The van der Waals surface area contributed by atoms with Crippen molar-refractivity contribution in [3.63, 3.8) is 0 Å². The molecule has 0 amide bonds. The van der Waals surface area contributed by atoms with Crippen molar-refractivity contribution in [2.75, 3.05) is 11.8 Å². The molecule has 31 heavy (non-hydrogen) atoms. The maximum atomic E-state index is 12.7. The first-order valence-corrected chi connectivity index (χ1v) is 10.7.